The van der Waals surface area contributed by atoms with E-state index in [1.807, 2.05) is 44.3 Å². The van der Waals surface area contributed by atoms with Crippen molar-refractivity contribution in [2.75, 3.05) is 26.2 Å². The molecule has 0 spiro atoms. The van der Waals surface area contributed by atoms with Crippen molar-refractivity contribution in [3.8, 4) is 17.3 Å². The fourth-order valence-corrected chi connectivity index (χ4v) is 7.02. The molecule has 0 unspecified atom stereocenters. The van der Waals surface area contributed by atoms with Gasteiger partial charge in [0.15, 0.2) is 0 Å². The van der Waals surface area contributed by atoms with E-state index in [2.05, 4.69) is 26.3 Å². The molecule has 284 valence electrons. The fourth-order valence-electron chi connectivity index (χ4n) is 7.02. The Morgan fingerprint density at radius 2 is 1.85 bits per heavy atom. The van der Waals surface area contributed by atoms with Crippen LogP contribution in [0.4, 0.5) is 4.39 Å². The summed E-state index contributed by atoms with van der Waals surface area (Å²) < 4.78 is 21.0. The van der Waals surface area contributed by atoms with Crippen LogP contribution in [0, 0.1) is 17.2 Å². The Morgan fingerprint density at radius 1 is 1.07 bits per heavy atom. The topological polar surface area (TPSA) is 192 Å². The highest BCUT2D eigenvalue weighted by atomic mass is 19.1. The summed E-state index contributed by atoms with van der Waals surface area (Å²) in [5, 5.41) is 26.2. The third kappa shape index (κ3) is 9.08. The number of likely N-dealkylation sites (tertiary alicyclic amines) is 1. The van der Waals surface area contributed by atoms with Crippen molar-refractivity contribution < 1.29 is 33.1 Å². The Kier molecular flexibility index (Phi) is 12.0. The Bertz CT molecular complexity index is 1930. The van der Waals surface area contributed by atoms with E-state index in [-0.39, 0.29) is 62.6 Å². The van der Waals surface area contributed by atoms with Crippen LogP contribution in [0.2, 0.25) is 0 Å². The number of rotatable bonds is 14. The molecule has 15 nitrogen and oxygen atoms in total. The molecule has 2 aromatic carbocycles. The summed E-state index contributed by atoms with van der Waals surface area (Å²) >= 11 is 0. The minimum absolute atomic E-state index is 0.0440. The number of fused-ring (bicyclic) bond motifs is 1. The minimum atomic E-state index is -1.28. The van der Waals surface area contributed by atoms with Crippen molar-refractivity contribution in [3.05, 3.63) is 70.9 Å². The summed E-state index contributed by atoms with van der Waals surface area (Å²) in [5.41, 5.74) is 4.84. The van der Waals surface area contributed by atoms with Crippen LogP contribution < -0.4 is 16.0 Å². The molecule has 0 aliphatic carbocycles. The van der Waals surface area contributed by atoms with Gasteiger partial charge in [0.05, 0.1) is 38.1 Å². The number of hydrogen-bond donors (Lipinski definition) is 3. The second-order valence-corrected chi connectivity index (χ2v) is 14.1. The van der Waals surface area contributed by atoms with Gasteiger partial charge in [-0.25, -0.2) is 9.07 Å². The molecule has 0 radical (unpaired) electrons. The van der Waals surface area contributed by atoms with Crippen molar-refractivity contribution in [2.24, 2.45) is 5.92 Å². The number of carbonyl (C=O) groups is 5. The van der Waals surface area contributed by atoms with Crippen molar-refractivity contribution in [3.63, 3.8) is 0 Å². The molecule has 6 rings (SSSR count). The summed E-state index contributed by atoms with van der Waals surface area (Å²) in [4.78, 5) is 66.5. The highest BCUT2D eigenvalue weighted by Crippen LogP contribution is 2.30. The lowest BCUT2D eigenvalue weighted by Gasteiger charge is -2.22. The van der Waals surface area contributed by atoms with Crippen molar-refractivity contribution in [1.29, 1.82) is 5.26 Å². The summed E-state index contributed by atoms with van der Waals surface area (Å²) in [6.45, 7) is 5.75. The smallest absolute Gasteiger partial charge is 0.251 e. The predicted octanol–water partition coefficient (Wildman–Crippen LogP) is 1.85. The van der Waals surface area contributed by atoms with Gasteiger partial charge in [-0.1, -0.05) is 35.5 Å². The fraction of sp³-hybridized carbons (Fsp3) is 0.474. The van der Waals surface area contributed by atoms with E-state index in [1.54, 1.807) is 33.8 Å². The highest BCUT2D eigenvalue weighted by Gasteiger charge is 2.44. The van der Waals surface area contributed by atoms with E-state index in [0.29, 0.717) is 44.0 Å². The number of halogens is 1. The number of ether oxygens (including phenoxy) is 1. The van der Waals surface area contributed by atoms with Gasteiger partial charge in [-0.2, -0.15) is 5.26 Å². The molecule has 54 heavy (non-hydrogen) atoms. The Hall–Kier alpha value is -5.69. The Labute approximate surface area is 312 Å². The van der Waals surface area contributed by atoms with E-state index in [1.165, 1.54) is 4.90 Å². The van der Waals surface area contributed by atoms with Crippen LogP contribution in [0.1, 0.15) is 66.6 Å². The lowest BCUT2D eigenvalue weighted by atomic mass is 9.99. The molecule has 0 bridgehead atoms. The molecule has 3 aliphatic rings. The first-order valence-corrected chi connectivity index (χ1v) is 18.2. The van der Waals surface area contributed by atoms with Gasteiger partial charge in [0.25, 0.3) is 5.91 Å². The zero-order valence-corrected chi connectivity index (χ0v) is 30.3. The van der Waals surface area contributed by atoms with Crippen LogP contribution in [0.5, 0.6) is 0 Å². The number of nitrogens with zero attached hydrogens (tertiary/aromatic N) is 6. The van der Waals surface area contributed by atoms with E-state index >= 15 is 0 Å². The van der Waals surface area contributed by atoms with E-state index in [9.17, 15) is 33.6 Å². The maximum Gasteiger partial charge on any atom is 0.251 e. The molecule has 16 heteroatoms. The molecule has 3 aromatic rings. The summed E-state index contributed by atoms with van der Waals surface area (Å²) in [6.07, 6.45) is 0.868. The monoisotopic (exact) mass is 741 g/mol. The zero-order valence-electron chi connectivity index (χ0n) is 30.3. The van der Waals surface area contributed by atoms with Gasteiger partial charge in [0.2, 0.25) is 23.6 Å². The molecule has 0 saturated carbocycles. The number of carbonyl (C=O) groups excluding carboxylic acids is 5. The molecule has 3 N–H and O–H groups in total. The van der Waals surface area contributed by atoms with E-state index < -0.39 is 36.0 Å². The van der Waals surface area contributed by atoms with Crippen molar-refractivity contribution >= 4 is 29.5 Å². The van der Waals surface area contributed by atoms with Crippen LogP contribution >= 0.6 is 0 Å². The molecular formula is C38H44FN9O6. The van der Waals surface area contributed by atoms with Crippen molar-refractivity contribution in [1.82, 2.24) is 40.7 Å². The first kappa shape index (κ1) is 38.0. The lowest BCUT2D eigenvalue weighted by Crippen LogP contribution is -2.46. The first-order chi connectivity index (χ1) is 26.0. The second kappa shape index (κ2) is 17.0. The zero-order chi connectivity index (χ0) is 38.4. The maximum absolute atomic E-state index is 13.9. The largest absolute Gasteiger partial charge is 0.378 e. The summed E-state index contributed by atoms with van der Waals surface area (Å²) in [7, 11) is 0. The van der Waals surface area contributed by atoms with Crippen LogP contribution in [0.15, 0.2) is 48.7 Å². The number of nitrogens with one attached hydrogen (secondary N) is 3. The van der Waals surface area contributed by atoms with E-state index in [4.69, 9.17) is 4.74 Å². The van der Waals surface area contributed by atoms with Crippen LogP contribution in [0.3, 0.4) is 0 Å². The molecular weight excluding hydrogens is 697 g/mol. The normalized spacial score (nSPS) is 20.5. The second-order valence-electron chi connectivity index (χ2n) is 14.1. The van der Waals surface area contributed by atoms with Gasteiger partial charge >= 0.3 is 0 Å². The Morgan fingerprint density at radius 3 is 2.61 bits per heavy atom. The van der Waals surface area contributed by atoms with Gasteiger partial charge in [-0.3, -0.25) is 24.0 Å². The number of aromatic nitrogens is 3. The van der Waals surface area contributed by atoms with Gasteiger partial charge < -0.3 is 30.5 Å². The third-order valence-electron chi connectivity index (χ3n) is 9.87. The minimum Gasteiger partial charge on any atom is -0.378 e. The summed E-state index contributed by atoms with van der Waals surface area (Å²) in [6, 6.07) is 13.1. The van der Waals surface area contributed by atoms with Gasteiger partial charge in [0, 0.05) is 62.5 Å². The van der Waals surface area contributed by atoms with E-state index in [0.717, 1.165) is 22.3 Å². The number of hydrogen-bond acceptors (Lipinski definition) is 9. The average molecular weight is 742 g/mol. The van der Waals surface area contributed by atoms with Gasteiger partial charge in [-0.05, 0) is 49.1 Å². The molecule has 4 atom stereocenters. The first-order valence-electron chi connectivity index (χ1n) is 18.2. The SMILES string of the molecule is CC(C)OCCC(=O)NCCNC(=O)c1ccc(-c2cn(Cc3cccc4c3CN(C(=O)C[C@@H]3C[C@@H](C(=O)N5C[C@@H](F)C[C@H]5C#N)NC3=O)C4)nn2)cc1. The number of alkyl halides is 1. The Balaban J connectivity index is 0.981. The number of amides is 5. The summed E-state index contributed by atoms with van der Waals surface area (Å²) in [5.74, 6) is -2.19. The quantitative estimate of drug-likeness (QED) is 0.207. The third-order valence-corrected chi connectivity index (χ3v) is 9.87. The highest BCUT2D eigenvalue weighted by molar-refractivity contribution is 5.95. The molecule has 4 heterocycles. The predicted molar refractivity (Wildman–Crippen MR) is 192 cm³/mol. The van der Waals surface area contributed by atoms with Gasteiger partial charge in [0.1, 0.15) is 23.9 Å². The van der Waals surface area contributed by atoms with Crippen LogP contribution in [-0.4, -0.2) is 105 Å². The van der Waals surface area contributed by atoms with Crippen LogP contribution in [-0.2, 0) is 43.5 Å². The number of nitriles is 1. The van der Waals surface area contributed by atoms with Crippen LogP contribution in [0.25, 0.3) is 11.3 Å². The van der Waals surface area contributed by atoms with Crippen molar-refractivity contribution in [2.45, 2.75) is 83.5 Å². The lowest BCUT2D eigenvalue weighted by molar-refractivity contribution is -0.135. The number of benzene rings is 2. The molecule has 2 saturated heterocycles. The van der Waals surface area contributed by atoms with Gasteiger partial charge in [-0.15, -0.1) is 5.10 Å². The molecule has 2 fully saturated rings. The molecule has 3 aliphatic heterocycles. The maximum atomic E-state index is 13.9. The molecule has 5 amide bonds. The average Bonchev–Trinajstić information content (AvgIpc) is 3.96. The standard InChI is InChI=1S/C38H44FN9O6/c1-23(2)54-13-10-34(49)41-11-12-42-36(51)25-8-6-24(7-9-25)33-22-47(45-44-33)19-27-5-3-4-26-18-46(21-31(26)27)35(50)15-28-14-32(43-37(28)52)38(53)48-20-29(39)16-30(48)17-40/h3-9,22-23,28-30,32H,10-16,18-21H2,1-2H3,(H,41,49)(H,42,51)(H,43,52)/t28-,29-,30-,32-/m0/s1. The molecule has 1 aromatic heterocycles.